The number of benzene rings is 2. The van der Waals surface area contributed by atoms with Gasteiger partial charge in [0.1, 0.15) is 0 Å². The second-order valence-electron chi connectivity index (χ2n) is 6.46. The fourth-order valence-corrected chi connectivity index (χ4v) is 3.44. The van der Waals surface area contributed by atoms with Crippen molar-refractivity contribution in [1.29, 1.82) is 0 Å². The van der Waals surface area contributed by atoms with Crippen LogP contribution in [0.25, 0.3) is 0 Å². The first kappa shape index (κ1) is 15.4. The summed E-state index contributed by atoms with van der Waals surface area (Å²) in [5, 5.41) is 4.24. The Bertz CT molecular complexity index is 854. The molecule has 1 atom stereocenters. The molecule has 0 bridgehead atoms. The molecule has 122 valence electrons. The van der Waals surface area contributed by atoms with Gasteiger partial charge in [-0.25, -0.2) is 4.99 Å². The Morgan fingerprint density at radius 3 is 2.83 bits per heavy atom. The summed E-state index contributed by atoms with van der Waals surface area (Å²) in [4.78, 5) is 7.37. The van der Waals surface area contributed by atoms with Gasteiger partial charge in [0.2, 0.25) is 0 Å². The van der Waals surface area contributed by atoms with E-state index in [-0.39, 0.29) is 0 Å². The molecule has 0 unspecified atom stereocenters. The van der Waals surface area contributed by atoms with E-state index in [1.54, 1.807) is 0 Å². The molecule has 0 radical (unpaired) electrons. The number of rotatable bonds is 1. The van der Waals surface area contributed by atoms with E-state index in [1.807, 2.05) is 30.3 Å². The Labute approximate surface area is 147 Å². The van der Waals surface area contributed by atoms with Gasteiger partial charge in [0, 0.05) is 28.9 Å². The first-order chi connectivity index (χ1) is 11.6. The van der Waals surface area contributed by atoms with Gasteiger partial charge in [-0.2, -0.15) is 0 Å². The number of anilines is 2. The van der Waals surface area contributed by atoms with Gasteiger partial charge in [-0.15, -0.1) is 0 Å². The summed E-state index contributed by atoms with van der Waals surface area (Å²) >= 11 is 6.29. The van der Waals surface area contributed by atoms with Gasteiger partial charge in [-0.1, -0.05) is 29.8 Å². The molecule has 2 heterocycles. The third kappa shape index (κ3) is 2.74. The third-order valence-corrected chi connectivity index (χ3v) is 5.05. The van der Waals surface area contributed by atoms with Crippen LogP contribution in [0.15, 0.2) is 59.1 Å². The molecule has 0 aromatic heterocycles. The molecule has 0 spiro atoms. The number of para-hydroxylation sites is 2. The minimum absolute atomic E-state index is 0.408. The summed E-state index contributed by atoms with van der Waals surface area (Å²) in [5.41, 5.74) is 6.44. The molecule has 2 aliphatic rings. The molecule has 2 aromatic carbocycles. The summed E-state index contributed by atoms with van der Waals surface area (Å²) in [6, 6.07) is 14.5. The number of aliphatic imine (C=N–C) groups is 1. The highest BCUT2D eigenvalue weighted by atomic mass is 35.5. The number of hydrogen-bond acceptors (Lipinski definition) is 3. The van der Waals surface area contributed by atoms with E-state index >= 15 is 0 Å². The van der Waals surface area contributed by atoms with Gasteiger partial charge in [0.25, 0.3) is 0 Å². The minimum atomic E-state index is 0.408. The van der Waals surface area contributed by atoms with Crippen molar-refractivity contribution in [3.8, 4) is 0 Å². The monoisotopic (exact) mass is 337 g/mol. The van der Waals surface area contributed by atoms with Crippen molar-refractivity contribution in [3.05, 3.63) is 64.7 Å². The molecule has 0 saturated carbocycles. The van der Waals surface area contributed by atoms with E-state index in [0.29, 0.717) is 6.04 Å². The van der Waals surface area contributed by atoms with Crippen molar-refractivity contribution in [1.82, 2.24) is 4.90 Å². The normalized spacial score (nSPS) is 20.2. The van der Waals surface area contributed by atoms with Crippen LogP contribution in [-0.4, -0.2) is 30.2 Å². The lowest BCUT2D eigenvalue weighted by Crippen LogP contribution is -2.33. The number of hydrogen-bond donors (Lipinski definition) is 1. The number of likely N-dealkylation sites (N-methyl/N-ethyl adjacent to an activating group) is 1. The first-order valence-corrected chi connectivity index (χ1v) is 8.65. The Hall–Kier alpha value is -2.10. The maximum absolute atomic E-state index is 6.29. The molecule has 0 aliphatic carbocycles. The van der Waals surface area contributed by atoms with E-state index in [9.17, 15) is 0 Å². The zero-order chi connectivity index (χ0) is 16.7. The quantitative estimate of drug-likeness (QED) is 0.777. The first-order valence-electron chi connectivity index (χ1n) is 8.28. The Morgan fingerprint density at radius 1 is 1.17 bits per heavy atom. The molecule has 4 heteroatoms. The predicted molar refractivity (Wildman–Crippen MR) is 102 cm³/mol. The van der Waals surface area contributed by atoms with Crippen LogP contribution in [0, 0.1) is 0 Å². The van der Waals surface area contributed by atoms with Gasteiger partial charge >= 0.3 is 0 Å². The van der Waals surface area contributed by atoms with E-state index in [2.05, 4.69) is 42.4 Å². The largest absolute Gasteiger partial charge is 0.353 e. The average Bonchev–Trinajstić information content (AvgIpc) is 2.74. The predicted octanol–water partition coefficient (Wildman–Crippen LogP) is 5.17. The molecule has 3 nitrogen and oxygen atoms in total. The molecular weight excluding hydrogens is 318 g/mol. The molecule has 0 saturated heterocycles. The smallest absolute Gasteiger partial charge is 0.0872 e. The molecule has 4 rings (SSSR count). The number of halogens is 1. The van der Waals surface area contributed by atoms with E-state index in [4.69, 9.17) is 16.6 Å². The van der Waals surface area contributed by atoms with E-state index < -0.39 is 0 Å². The number of fused-ring (bicyclic) bond motifs is 2. The van der Waals surface area contributed by atoms with Crippen LogP contribution in [0.5, 0.6) is 0 Å². The van der Waals surface area contributed by atoms with Gasteiger partial charge in [0.15, 0.2) is 0 Å². The highest BCUT2D eigenvalue weighted by molar-refractivity contribution is 6.31. The highest BCUT2D eigenvalue weighted by Gasteiger charge is 2.23. The Balaban J connectivity index is 1.92. The Kier molecular flexibility index (Phi) is 3.91. The highest BCUT2D eigenvalue weighted by Crippen LogP contribution is 2.37. The van der Waals surface area contributed by atoms with Crippen LogP contribution < -0.4 is 5.32 Å². The van der Waals surface area contributed by atoms with Gasteiger partial charge in [-0.05, 0) is 56.3 Å². The van der Waals surface area contributed by atoms with Crippen molar-refractivity contribution in [2.24, 2.45) is 4.99 Å². The van der Waals surface area contributed by atoms with Crippen LogP contribution in [0.3, 0.4) is 0 Å². The van der Waals surface area contributed by atoms with Crippen LogP contribution in [0.1, 0.15) is 18.9 Å². The molecule has 2 aliphatic heterocycles. The van der Waals surface area contributed by atoms with Crippen molar-refractivity contribution in [3.63, 3.8) is 0 Å². The third-order valence-electron chi connectivity index (χ3n) is 4.82. The summed E-state index contributed by atoms with van der Waals surface area (Å²) in [5.74, 6) is 0. The number of nitrogens with one attached hydrogen (secondary N) is 1. The lowest BCUT2D eigenvalue weighted by molar-refractivity contribution is 0.288. The lowest BCUT2D eigenvalue weighted by Gasteiger charge is -2.29. The number of nitrogens with zero attached hydrogens (tertiary/aromatic N) is 2. The molecular formula is C20H20ClN3. The van der Waals surface area contributed by atoms with Crippen LogP contribution in [-0.2, 0) is 0 Å². The van der Waals surface area contributed by atoms with Gasteiger partial charge in [-0.3, -0.25) is 4.90 Å². The summed E-state index contributed by atoms with van der Waals surface area (Å²) in [6.45, 7) is 3.26. The van der Waals surface area contributed by atoms with E-state index in [1.165, 1.54) is 5.57 Å². The molecule has 24 heavy (non-hydrogen) atoms. The Morgan fingerprint density at radius 2 is 2.00 bits per heavy atom. The standard InChI is InChI=1S/C20H20ClN3/c1-13-11-14(9-10-24(13)2)20-16-12-15(21)7-8-17(16)22-18-5-3-4-6-19(18)23-20/h3-8,11-13,22H,9-10H2,1-2H3/t13-/m0/s1. The fourth-order valence-electron chi connectivity index (χ4n) is 3.27. The summed E-state index contributed by atoms with van der Waals surface area (Å²) in [6.07, 6.45) is 3.31. The van der Waals surface area contributed by atoms with Gasteiger partial charge < -0.3 is 5.32 Å². The zero-order valence-electron chi connectivity index (χ0n) is 13.9. The second kappa shape index (κ2) is 6.08. The van der Waals surface area contributed by atoms with Crippen LogP contribution in [0.4, 0.5) is 17.1 Å². The van der Waals surface area contributed by atoms with Crippen molar-refractivity contribution < 1.29 is 0 Å². The molecule has 2 aromatic rings. The molecule has 1 N–H and O–H groups in total. The average molecular weight is 338 g/mol. The summed E-state index contributed by atoms with van der Waals surface area (Å²) < 4.78 is 0. The fraction of sp³-hybridized carbons (Fsp3) is 0.250. The molecule has 0 fully saturated rings. The SMILES string of the molecule is C[C@H]1C=C(C2=Nc3ccccc3Nc3ccc(Cl)cc32)CCN1C. The maximum atomic E-state index is 6.29. The lowest BCUT2D eigenvalue weighted by atomic mass is 9.94. The maximum Gasteiger partial charge on any atom is 0.0872 e. The van der Waals surface area contributed by atoms with Crippen molar-refractivity contribution >= 4 is 34.4 Å². The van der Waals surface area contributed by atoms with E-state index in [0.717, 1.165) is 46.3 Å². The topological polar surface area (TPSA) is 27.6 Å². The van der Waals surface area contributed by atoms with Gasteiger partial charge in [0.05, 0.1) is 17.1 Å². The molecule has 0 amide bonds. The van der Waals surface area contributed by atoms with Crippen molar-refractivity contribution in [2.75, 3.05) is 18.9 Å². The van der Waals surface area contributed by atoms with Crippen LogP contribution >= 0.6 is 11.6 Å². The zero-order valence-corrected chi connectivity index (χ0v) is 14.6. The minimum Gasteiger partial charge on any atom is -0.353 e. The second-order valence-corrected chi connectivity index (χ2v) is 6.89. The van der Waals surface area contributed by atoms with Crippen LogP contribution in [0.2, 0.25) is 5.02 Å². The van der Waals surface area contributed by atoms with Crippen molar-refractivity contribution in [2.45, 2.75) is 19.4 Å². The summed E-state index contributed by atoms with van der Waals surface area (Å²) in [7, 11) is 2.16.